The van der Waals surface area contributed by atoms with Crippen LogP contribution in [0.5, 0.6) is 5.75 Å². The highest BCUT2D eigenvalue weighted by atomic mass is 35.5. The van der Waals surface area contributed by atoms with Crippen LogP contribution in [0.4, 0.5) is 5.69 Å². The summed E-state index contributed by atoms with van der Waals surface area (Å²) in [5, 5.41) is 7.36. The molecule has 0 spiro atoms. The molecule has 158 valence electrons. The summed E-state index contributed by atoms with van der Waals surface area (Å²) in [7, 11) is 1.55. The molecule has 0 saturated heterocycles. The van der Waals surface area contributed by atoms with Gasteiger partial charge in [0.05, 0.1) is 23.9 Å². The molecule has 0 bridgehead atoms. The maximum atomic E-state index is 12.7. The Labute approximate surface area is 193 Å². The predicted molar refractivity (Wildman–Crippen MR) is 130 cm³/mol. The summed E-state index contributed by atoms with van der Waals surface area (Å²) in [6, 6.07) is 11.9. The Morgan fingerprint density at radius 1 is 1.19 bits per heavy atom. The largest absolute Gasteiger partial charge is 0.495 e. The molecule has 31 heavy (non-hydrogen) atoms. The zero-order chi connectivity index (χ0) is 22.0. The molecule has 0 fully saturated rings. The smallest absolute Gasteiger partial charge is 0.234 e. The van der Waals surface area contributed by atoms with Crippen LogP contribution in [0.3, 0.4) is 0 Å². The fourth-order valence-electron chi connectivity index (χ4n) is 3.15. The minimum atomic E-state index is -0.149. The Bertz CT molecular complexity index is 1260. The van der Waals surface area contributed by atoms with Crippen molar-refractivity contribution in [3.05, 3.63) is 64.3 Å². The van der Waals surface area contributed by atoms with Gasteiger partial charge in [0.15, 0.2) is 0 Å². The fourth-order valence-corrected chi connectivity index (χ4v) is 5.10. The van der Waals surface area contributed by atoms with E-state index in [9.17, 15) is 4.79 Å². The Morgan fingerprint density at radius 3 is 2.71 bits per heavy atom. The van der Waals surface area contributed by atoms with Crippen molar-refractivity contribution in [3.63, 3.8) is 0 Å². The second-order valence-corrected chi connectivity index (χ2v) is 9.24. The average Bonchev–Trinajstić information content (AvgIpc) is 3.20. The molecule has 4 aromatic rings. The minimum absolute atomic E-state index is 0.149. The number of ether oxygens (including phenoxy) is 1. The van der Waals surface area contributed by atoms with Gasteiger partial charge >= 0.3 is 0 Å². The molecule has 0 saturated carbocycles. The summed E-state index contributed by atoms with van der Waals surface area (Å²) in [6.45, 7) is 3.95. The first-order valence-corrected chi connectivity index (χ1v) is 11.8. The van der Waals surface area contributed by atoms with Crippen LogP contribution >= 0.6 is 34.7 Å². The van der Waals surface area contributed by atoms with Crippen LogP contribution in [-0.2, 0) is 4.79 Å². The number of halogens is 1. The normalized spacial score (nSPS) is 11.0. The molecule has 4 rings (SSSR count). The van der Waals surface area contributed by atoms with Gasteiger partial charge in [-0.15, -0.1) is 11.3 Å². The van der Waals surface area contributed by atoms with Crippen LogP contribution in [0.15, 0.2) is 53.1 Å². The van der Waals surface area contributed by atoms with Crippen LogP contribution < -0.4 is 10.1 Å². The summed E-state index contributed by atoms with van der Waals surface area (Å²) >= 11 is 9.12. The first-order chi connectivity index (χ1) is 15.0. The van der Waals surface area contributed by atoms with Gasteiger partial charge in [0.25, 0.3) is 0 Å². The standard InChI is InChI=1S/C23H20ClN3O2S2/c1-13-4-6-15(7-5-13)16-10-30-22-21(16)23(26-12-25-22)31-11-20(28)27-18-8-14(2)17(24)9-19(18)29-3/h4-10,12H,11H2,1-3H3,(H,27,28). The zero-order valence-corrected chi connectivity index (χ0v) is 19.6. The van der Waals surface area contributed by atoms with E-state index in [1.807, 2.05) is 6.92 Å². The summed E-state index contributed by atoms with van der Waals surface area (Å²) in [6.07, 6.45) is 1.55. The number of fused-ring (bicyclic) bond motifs is 1. The van der Waals surface area contributed by atoms with E-state index in [1.54, 1.807) is 36.9 Å². The number of benzene rings is 2. The molecular formula is C23H20ClN3O2S2. The van der Waals surface area contributed by atoms with E-state index in [1.165, 1.54) is 17.3 Å². The van der Waals surface area contributed by atoms with Crippen LogP contribution in [0, 0.1) is 13.8 Å². The summed E-state index contributed by atoms with van der Waals surface area (Å²) in [4.78, 5) is 22.4. The number of nitrogens with zero attached hydrogens (tertiary/aromatic N) is 2. The molecule has 2 aromatic heterocycles. The molecule has 0 atom stereocenters. The third-order valence-electron chi connectivity index (χ3n) is 4.79. The van der Waals surface area contributed by atoms with Crippen LogP contribution in [0.2, 0.25) is 5.02 Å². The number of aryl methyl sites for hydroxylation is 2. The van der Waals surface area contributed by atoms with Crippen LogP contribution in [0.25, 0.3) is 21.3 Å². The van der Waals surface area contributed by atoms with E-state index in [-0.39, 0.29) is 11.7 Å². The van der Waals surface area contributed by atoms with Crippen molar-refractivity contribution in [3.8, 4) is 16.9 Å². The molecule has 5 nitrogen and oxygen atoms in total. The molecule has 0 aliphatic carbocycles. The summed E-state index contributed by atoms with van der Waals surface area (Å²) in [5.41, 5.74) is 4.86. The third kappa shape index (κ3) is 4.69. The molecule has 0 aliphatic rings. The SMILES string of the molecule is COc1cc(Cl)c(C)cc1NC(=O)CSc1ncnc2scc(-c3ccc(C)cc3)c12. The lowest BCUT2D eigenvalue weighted by molar-refractivity contribution is -0.113. The molecule has 1 amide bonds. The van der Waals surface area contributed by atoms with Crippen LogP contribution in [0.1, 0.15) is 11.1 Å². The van der Waals surface area contributed by atoms with E-state index in [0.717, 1.165) is 31.9 Å². The number of anilines is 1. The number of aromatic nitrogens is 2. The zero-order valence-electron chi connectivity index (χ0n) is 17.2. The van der Waals surface area contributed by atoms with Gasteiger partial charge in [-0.3, -0.25) is 4.79 Å². The number of methoxy groups -OCH3 is 1. The summed E-state index contributed by atoms with van der Waals surface area (Å²) in [5.74, 6) is 0.585. The van der Waals surface area contributed by atoms with E-state index in [2.05, 4.69) is 51.9 Å². The Hall–Kier alpha value is -2.61. The second kappa shape index (κ2) is 9.26. The minimum Gasteiger partial charge on any atom is -0.495 e. The van der Waals surface area contributed by atoms with E-state index in [4.69, 9.17) is 16.3 Å². The predicted octanol–water partition coefficient (Wildman–Crippen LogP) is 6.37. The quantitative estimate of drug-likeness (QED) is 0.262. The second-order valence-electron chi connectivity index (χ2n) is 7.01. The first kappa shape index (κ1) is 21.6. The highest BCUT2D eigenvalue weighted by molar-refractivity contribution is 8.00. The highest BCUT2D eigenvalue weighted by Gasteiger charge is 2.16. The van der Waals surface area contributed by atoms with E-state index < -0.39 is 0 Å². The lowest BCUT2D eigenvalue weighted by atomic mass is 10.1. The lowest BCUT2D eigenvalue weighted by Gasteiger charge is -2.12. The van der Waals surface area contributed by atoms with Gasteiger partial charge in [-0.2, -0.15) is 0 Å². The number of carbonyl (C=O) groups is 1. The van der Waals surface area contributed by atoms with Crippen molar-refractivity contribution in [1.82, 2.24) is 9.97 Å². The number of amides is 1. The molecule has 1 N–H and O–H groups in total. The number of thiophene rings is 1. The lowest BCUT2D eigenvalue weighted by Crippen LogP contribution is -2.15. The van der Waals surface area contributed by atoms with Gasteiger partial charge in [-0.05, 0) is 31.0 Å². The van der Waals surface area contributed by atoms with E-state index >= 15 is 0 Å². The number of hydrogen-bond donors (Lipinski definition) is 1. The highest BCUT2D eigenvalue weighted by Crippen LogP contribution is 2.38. The fraction of sp³-hybridized carbons (Fsp3) is 0.174. The third-order valence-corrected chi connectivity index (χ3v) is 7.08. The van der Waals surface area contributed by atoms with Crippen LogP contribution in [-0.4, -0.2) is 28.7 Å². The topological polar surface area (TPSA) is 64.1 Å². The Kier molecular flexibility index (Phi) is 6.46. The van der Waals surface area contributed by atoms with Crippen molar-refractivity contribution < 1.29 is 9.53 Å². The van der Waals surface area contributed by atoms with Gasteiger partial charge in [0.2, 0.25) is 5.91 Å². The van der Waals surface area contributed by atoms with Crippen molar-refractivity contribution in [2.24, 2.45) is 0 Å². The van der Waals surface area contributed by atoms with Gasteiger partial charge in [0.1, 0.15) is 21.9 Å². The molecule has 2 heterocycles. The number of carbonyl (C=O) groups excluding carboxylic acids is 1. The van der Waals surface area contributed by atoms with Crippen molar-refractivity contribution in [1.29, 1.82) is 0 Å². The van der Waals surface area contributed by atoms with Gasteiger partial charge in [-0.25, -0.2) is 9.97 Å². The van der Waals surface area contributed by atoms with Crippen molar-refractivity contribution >= 4 is 56.5 Å². The molecule has 0 radical (unpaired) electrons. The number of hydrogen-bond acceptors (Lipinski definition) is 6. The first-order valence-electron chi connectivity index (χ1n) is 9.52. The Balaban J connectivity index is 1.56. The monoisotopic (exact) mass is 469 g/mol. The molecule has 0 unspecified atom stereocenters. The molecule has 8 heteroatoms. The summed E-state index contributed by atoms with van der Waals surface area (Å²) < 4.78 is 5.34. The molecular weight excluding hydrogens is 450 g/mol. The average molecular weight is 470 g/mol. The molecule has 0 aliphatic heterocycles. The number of thioether (sulfide) groups is 1. The van der Waals surface area contributed by atoms with Gasteiger partial charge in [-0.1, -0.05) is 53.2 Å². The Morgan fingerprint density at radius 2 is 1.97 bits per heavy atom. The van der Waals surface area contributed by atoms with Crippen molar-refractivity contribution in [2.45, 2.75) is 18.9 Å². The maximum Gasteiger partial charge on any atom is 0.234 e. The molecule has 2 aromatic carbocycles. The van der Waals surface area contributed by atoms with Gasteiger partial charge in [0, 0.05) is 22.0 Å². The van der Waals surface area contributed by atoms with E-state index in [0.29, 0.717) is 16.5 Å². The maximum absolute atomic E-state index is 12.7. The number of rotatable bonds is 6. The number of nitrogens with one attached hydrogen (secondary N) is 1. The van der Waals surface area contributed by atoms with Crippen molar-refractivity contribution in [2.75, 3.05) is 18.2 Å². The van der Waals surface area contributed by atoms with Gasteiger partial charge < -0.3 is 10.1 Å².